The number of aliphatic hydroxyl groups excluding tert-OH is 1. The van der Waals surface area contributed by atoms with Gasteiger partial charge in [-0.1, -0.05) is 19.9 Å². The standard InChI is InChI=1S/C13H20BrNO3S/c1-3-7-15(8-4-2)19(17,18)13-6-5-11(10-16)9-12(13)14/h5-6,9,16H,3-4,7-8,10H2,1-2H3. The van der Waals surface area contributed by atoms with E-state index in [-0.39, 0.29) is 11.5 Å². The van der Waals surface area contributed by atoms with Gasteiger partial charge >= 0.3 is 0 Å². The SMILES string of the molecule is CCCN(CCC)S(=O)(=O)c1ccc(CO)cc1Br. The minimum absolute atomic E-state index is 0.105. The Bertz CT molecular complexity index is 511. The van der Waals surface area contributed by atoms with Gasteiger partial charge in [-0.25, -0.2) is 8.42 Å². The average Bonchev–Trinajstić information content (AvgIpc) is 2.38. The van der Waals surface area contributed by atoms with Gasteiger partial charge in [-0.3, -0.25) is 0 Å². The summed E-state index contributed by atoms with van der Waals surface area (Å²) in [7, 11) is -3.48. The van der Waals surface area contributed by atoms with Crippen LogP contribution in [-0.4, -0.2) is 30.9 Å². The smallest absolute Gasteiger partial charge is 0.244 e. The zero-order valence-corrected chi connectivity index (χ0v) is 13.7. The van der Waals surface area contributed by atoms with Crippen LogP contribution in [0.15, 0.2) is 27.6 Å². The van der Waals surface area contributed by atoms with Gasteiger partial charge in [0.05, 0.1) is 11.5 Å². The molecule has 0 heterocycles. The molecule has 0 fully saturated rings. The second-order valence-electron chi connectivity index (χ2n) is 4.33. The number of nitrogens with zero attached hydrogens (tertiary/aromatic N) is 1. The van der Waals surface area contributed by atoms with Gasteiger partial charge in [0.1, 0.15) is 0 Å². The van der Waals surface area contributed by atoms with Crippen LogP contribution < -0.4 is 0 Å². The summed E-state index contributed by atoms with van der Waals surface area (Å²) in [6.45, 7) is 4.85. The number of hydrogen-bond acceptors (Lipinski definition) is 3. The van der Waals surface area contributed by atoms with Crippen LogP contribution in [-0.2, 0) is 16.6 Å². The second kappa shape index (κ2) is 7.38. The fourth-order valence-electron chi connectivity index (χ4n) is 1.84. The molecule has 0 aliphatic carbocycles. The first kappa shape index (κ1) is 16.6. The molecule has 6 heteroatoms. The second-order valence-corrected chi connectivity index (χ2v) is 7.09. The summed E-state index contributed by atoms with van der Waals surface area (Å²) in [5.74, 6) is 0. The van der Waals surface area contributed by atoms with Crippen LogP contribution in [0.1, 0.15) is 32.3 Å². The molecule has 0 unspecified atom stereocenters. The van der Waals surface area contributed by atoms with E-state index >= 15 is 0 Å². The fraction of sp³-hybridized carbons (Fsp3) is 0.538. The molecule has 1 rings (SSSR count). The topological polar surface area (TPSA) is 57.6 Å². The Kier molecular flexibility index (Phi) is 6.46. The molecule has 0 atom stereocenters. The first-order chi connectivity index (χ1) is 8.97. The van der Waals surface area contributed by atoms with E-state index in [0.717, 1.165) is 12.8 Å². The van der Waals surface area contributed by atoms with Crippen LogP contribution in [0.4, 0.5) is 0 Å². The maximum atomic E-state index is 12.6. The molecule has 0 saturated heterocycles. The number of hydrogen-bond donors (Lipinski definition) is 1. The van der Waals surface area contributed by atoms with Crippen molar-refractivity contribution in [2.24, 2.45) is 0 Å². The van der Waals surface area contributed by atoms with E-state index < -0.39 is 10.0 Å². The van der Waals surface area contributed by atoms with E-state index in [1.807, 2.05) is 13.8 Å². The molecule has 0 amide bonds. The van der Waals surface area contributed by atoms with Crippen molar-refractivity contribution < 1.29 is 13.5 Å². The zero-order valence-electron chi connectivity index (χ0n) is 11.3. The molecule has 108 valence electrons. The van der Waals surface area contributed by atoms with Crippen LogP contribution >= 0.6 is 15.9 Å². The van der Waals surface area contributed by atoms with Crippen LogP contribution in [0.5, 0.6) is 0 Å². The summed E-state index contributed by atoms with van der Waals surface area (Å²) < 4.78 is 27.1. The maximum absolute atomic E-state index is 12.6. The Morgan fingerprint density at radius 3 is 2.21 bits per heavy atom. The average molecular weight is 350 g/mol. The van der Waals surface area contributed by atoms with Crippen molar-refractivity contribution in [1.82, 2.24) is 4.31 Å². The number of halogens is 1. The Morgan fingerprint density at radius 2 is 1.79 bits per heavy atom. The van der Waals surface area contributed by atoms with E-state index in [1.54, 1.807) is 18.2 Å². The maximum Gasteiger partial charge on any atom is 0.244 e. The lowest BCUT2D eigenvalue weighted by Crippen LogP contribution is -2.32. The number of sulfonamides is 1. The first-order valence-electron chi connectivity index (χ1n) is 6.36. The minimum Gasteiger partial charge on any atom is -0.392 e. The number of aliphatic hydroxyl groups is 1. The van der Waals surface area contributed by atoms with Crippen LogP contribution in [0.3, 0.4) is 0 Å². The summed E-state index contributed by atoms with van der Waals surface area (Å²) in [6, 6.07) is 4.82. The van der Waals surface area contributed by atoms with E-state index in [4.69, 9.17) is 5.11 Å². The van der Waals surface area contributed by atoms with Crippen molar-refractivity contribution in [1.29, 1.82) is 0 Å². The summed E-state index contributed by atoms with van der Waals surface area (Å²) in [6.07, 6.45) is 1.57. The Hall–Kier alpha value is -0.430. The quantitative estimate of drug-likeness (QED) is 0.823. The molecule has 0 radical (unpaired) electrons. The highest BCUT2D eigenvalue weighted by molar-refractivity contribution is 9.10. The van der Waals surface area contributed by atoms with Gasteiger partial charge in [-0.2, -0.15) is 4.31 Å². The largest absolute Gasteiger partial charge is 0.392 e. The summed E-state index contributed by atoms with van der Waals surface area (Å²) in [5, 5.41) is 9.05. The monoisotopic (exact) mass is 349 g/mol. The van der Waals surface area contributed by atoms with Gasteiger partial charge < -0.3 is 5.11 Å². The summed E-state index contributed by atoms with van der Waals surface area (Å²) in [5.41, 5.74) is 0.684. The molecule has 0 saturated carbocycles. The Labute approximate surface area is 123 Å². The Morgan fingerprint density at radius 1 is 1.21 bits per heavy atom. The van der Waals surface area contributed by atoms with Gasteiger partial charge in [-0.05, 0) is 46.5 Å². The van der Waals surface area contributed by atoms with Gasteiger partial charge in [0, 0.05) is 17.6 Å². The molecule has 4 nitrogen and oxygen atoms in total. The lowest BCUT2D eigenvalue weighted by atomic mass is 10.2. The normalized spacial score (nSPS) is 12.1. The van der Waals surface area contributed by atoms with Crippen molar-refractivity contribution in [2.45, 2.75) is 38.2 Å². The van der Waals surface area contributed by atoms with Gasteiger partial charge in [0.15, 0.2) is 0 Å². The third kappa shape index (κ3) is 4.02. The first-order valence-corrected chi connectivity index (χ1v) is 8.60. The van der Waals surface area contributed by atoms with E-state index in [0.29, 0.717) is 23.1 Å². The molecule has 0 bridgehead atoms. The molecular formula is C13H20BrNO3S. The molecule has 0 aliphatic heterocycles. The molecule has 0 aliphatic rings. The van der Waals surface area contributed by atoms with Crippen molar-refractivity contribution in [3.05, 3.63) is 28.2 Å². The molecular weight excluding hydrogens is 330 g/mol. The number of rotatable bonds is 7. The van der Waals surface area contributed by atoms with Crippen molar-refractivity contribution in [3.63, 3.8) is 0 Å². The highest BCUT2D eigenvalue weighted by Crippen LogP contribution is 2.26. The van der Waals surface area contributed by atoms with Crippen LogP contribution in [0.25, 0.3) is 0 Å². The van der Waals surface area contributed by atoms with Gasteiger partial charge in [-0.15, -0.1) is 0 Å². The van der Waals surface area contributed by atoms with Gasteiger partial charge in [0.2, 0.25) is 10.0 Å². The third-order valence-corrected chi connectivity index (χ3v) is 5.62. The highest BCUT2D eigenvalue weighted by atomic mass is 79.9. The minimum atomic E-state index is -3.48. The fourth-order valence-corrected chi connectivity index (χ4v) is 4.55. The lowest BCUT2D eigenvalue weighted by Gasteiger charge is -2.21. The Balaban J connectivity index is 3.17. The van der Waals surface area contributed by atoms with E-state index in [1.165, 1.54) is 4.31 Å². The summed E-state index contributed by atoms with van der Waals surface area (Å²) in [4.78, 5) is 0.256. The predicted octanol–water partition coefficient (Wildman–Crippen LogP) is 2.75. The zero-order chi connectivity index (χ0) is 14.5. The van der Waals surface area contributed by atoms with Crippen molar-refractivity contribution in [2.75, 3.05) is 13.1 Å². The molecule has 1 N–H and O–H groups in total. The van der Waals surface area contributed by atoms with Crippen LogP contribution in [0.2, 0.25) is 0 Å². The van der Waals surface area contributed by atoms with E-state index in [2.05, 4.69) is 15.9 Å². The molecule has 1 aromatic rings. The molecule has 0 spiro atoms. The summed E-state index contributed by atoms with van der Waals surface area (Å²) >= 11 is 3.28. The predicted molar refractivity (Wildman–Crippen MR) is 79.4 cm³/mol. The molecule has 1 aromatic carbocycles. The molecule has 19 heavy (non-hydrogen) atoms. The van der Waals surface area contributed by atoms with Crippen molar-refractivity contribution in [3.8, 4) is 0 Å². The lowest BCUT2D eigenvalue weighted by molar-refractivity contribution is 0.281. The number of benzene rings is 1. The molecule has 0 aromatic heterocycles. The highest BCUT2D eigenvalue weighted by Gasteiger charge is 2.25. The van der Waals surface area contributed by atoms with Gasteiger partial charge in [0.25, 0.3) is 0 Å². The van der Waals surface area contributed by atoms with Crippen molar-refractivity contribution >= 4 is 26.0 Å². The third-order valence-electron chi connectivity index (χ3n) is 2.74. The van der Waals surface area contributed by atoms with Crippen LogP contribution in [0, 0.1) is 0 Å². The van der Waals surface area contributed by atoms with E-state index in [9.17, 15) is 8.42 Å².